The van der Waals surface area contributed by atoms with Gasteiger partial charge in [0.1, 0.15) is 5.82 Å². The zero-order valence-electron chi connectivity index (χ0n) is 21.4. The molecule has 2 aliphatic rings. The second kappa shape index (κ2) is 12.5. The van der Waals surface area contributed by atoms with Gasteiger partial charge in [0.2, 0.25) is 0 Å². The van der Waals surface area contributed by atoms with Gasteiger partial charge < -0.3 is 4.74 Å². The van der Waals surface area contributed by atoms with E-state index in [0.717, 1.165) is 48.6 Å². The fourth-order valence-electron chi connectivity index (χ4n) is 6.21. The lowest BCUT2D eigenvalue weighted by atomic mass is 9.63. The molecule has 0 aliphatic heterocycles. The van der Waals surface area contributed by atoms with Crippen LogP contribution in [-0.2, 0) is 6.42 Å². The Labute approximate surface area is 214 Å². The van der Waals surface area contributed by atoms with Gasteiger partial charge in [-0.25, -0.2) is 13.6 Å². The number of esters is 1. The van der Waals surface area contributed by atoms with E-state index in [0.29, 0.717) is 18.3 Å². The molecule has 2 aliphatic carbocycles. The highest BCUT2D eigenvalue weighted by atomic mass is 19.1. The van der Waals surface area contributed by atoms with Gasteiger partial charge in [-0.15, -0.1) is 6.58 Å². The quantitative estimate of drug-likeness (QED) is 0.198. The molecule has 2 saturated carbocycles. The van der Waals surface area contributed by atoms with E-state index in [4.69, 9.17) is 4.74 Å². The maximum absolute atomic E-state index is 15.0. The van der Waals surface area contributed by atoms with Crippen molar-refractivity contribution in [3.63, 3.8) is 0 Å². The maximum Gasteiger partial charge on any atom is 0.346 e. The highest BCUT2D eigenvalue weighted by Crippen LogP contribution is 2.48. The Hall–Kier alpha value is -2.75. The zero-order valence-corrected chi connectivity index (χ0v) is 21.4. The van der Waals surface area contributed by atoms with Gasteiger partial charge in [0.15, 0.2) is 11.6 Å². The van der Waals surface area contributed by atoms with Crippen molar-refractivity contribution in [2.45, 2.75) is 77.0 Å². The lowest BCUT2D eigenvalue weighted by molar-refractivity contribution is 0.0722. The summed E-state index contributed by atoms with van der Waals surface area (Å²) >= 11 is 0. The number of carbonyl (C=O) groups is 1. The van der Waals surface area contributed by atoms with Crippen LogP contribution in [0.1, 0.15) is 92.1 Å². The zero-order chi connectivity index (χ0) is 25.5. The molecule has 0 aromatic heterocycles. The molecule has 4 heteroatoms. The molecule has 0 radical (unpaired) electrons. The fourth-order valence-corrected chi connectivity index (χ4v) is 6.21. The summed E-state index contributed by atoms with van der Waals surface area (Å²) in [6, 6.07) is 9.37. The van der Waals surface area contributed by atoms with Gasteiger partial charge in [-0.1, -0.05) is 36.8 Å². The van der Waals surface area contributed by atoms with E-state index in [9.17, 15) is 13.6 Å². The molecule has 4 unspecified atom stereocenters. The number of fused-ring (bicyclic) bond motifs is 1. The molecule has 4 rings (SSSR count). The van der Waals surface area contributed by atoms with Crippen LogP contribution in [0, 0.1) is 29.4 Å². The van der Waals surface area contributed by atoms with Crippen molar-refractivity contribution in [2.75, 3.05) is 0 Å². The van der Waals surface area contributed by atoms with Crippen molar-refractivity contribution >= 4 is 5.97 Å². The Morgan fingerprint density at radius 1 is 1.00 bits per heavy atom. The Bertz CT molecular complexity index is 1090. The maximum atomic E-state index is 15.0. The first-order valence-electron chi connectivity index (χ1n) is 13.5. The summed E-state index contributed by atoms with van der Waals surface area (Å²) in [5.41, 5.74) is 1.61. The number of benzene rings is 2. The molecule has 0 bridgehead atoms. The molecule has 36 heavy (non-hydrogen) atoms. The predicted molar refractivity (Wildman–Crippen MR) is 141 cm³/mol. The number of ether oxygens (including phenoxy) is 1. The predicted octanol–water partition coefficient (Wildman–Crippen LogP) is 8.96. The second-order valence-electron chi connectivity index (χ2n) is 10.6. The first kappa shape index (κ1) is 26.3. The average Bonchev–Trinajstić information content (AvgIpc) is 2.88. The number of rotatable bonds is 9. The minimum absolute atomic E-state index is 0.160. The average molecular weight is 493 g/mol. The number of carbonyl (C=O) groups excluding carboxylic acids is 1. The molecule has 2 fully saturated rings. The van der Waals surface area contributed by atoms with E-state index >= 15 is 0 Å². The smallest absolute Gasteiger partial charge is 0.346 e. The minimum Gasteiger partial charge on any atom is -0.420 e. The van der Waals surface area contributed by atoms with Crippen molar-refractivity contribution in [2.24, 2.45) is 17.8 Å². The lowest BCUT2D eigenvalue weighted by Crippen LogP contribution is -2.30. The molecule has 2 nitrogen and oxygen atoms in total. The second-order valence-corrected chi connectivity index (χ2v) is 10.6. The van der Waals surface area contributed by atoms with Crippen LogP contribution in [0.3, 0.4) is 0 Å². The van der Waals surface area contributed by atoms with Crippen LogP contribution < -0.4 is 4.74 Å². The SMILES string of the molecule is C=CCCC1CCC2CC(c3ccc(C(=O)Oc4ccc(CC/C=C/C)cc4F)c(F)c3)CCC2C1. The van der Waals surface area contributed by atoms with Crippen LogP contribution in [0.4, 0.5) is 8.78 Å². The Kier molecular flexibility index (Phi) is 9.12. The summed E-state index contributed by atoms with van der Waals surface area (Å²) in [7, 11) is 0. The van der Waals surface area contributed by atoms with E-state index in [1.54, 1.807) is 6.07 Å². The lowest BCUT2D eigenvalue weighted by Gasteiger charge is -2.42. The van der Waals surface area contributed by atoms with Crippen molar-refractivity contribution in [1.29, 1.82) is 0 Å². The largest absolute Gasteiger partial charge is 0.420 e. The topological polar surface area (TPSA) is 26.3 Å². The first-order valence-corrected chi connectivity index (χ1v) is 13.5. The molecule has 0 heterocycles. The molecule has 2 aromatic rings. The van der Waals surface area contributed by atoms with Crippen LogP contribution in [0.5, 0.6) is 5.75 Å². The molecule has 0 spiro atoms. The monoisotopic (exact) mass is 492 g/mol. The van der Waals surface area contributed by atoms with E-state index in [1.165, 1.54) is 56.4 Å². The Balaban J connectivity index is 1.36. The summed E-state index contributed by atoms with van der Waals surface area (Å²) < 4.78 is 34.7. The summed E-state index contributed by atoms with van der Waals surface area (Å²) in [5.74, 6) is 0.367. The van der Waals surface area contributed by atoms with Gasteiger partial charge >= 0.3 is 5.97 Å². The summed E-state index contributed by atoms with van der Waals surface area (Å²) in [6.45, 7) is 5.80. The van der Waals surface area contributed by atoms with Crippen molar-refractivity contribution in [3.8, 4) is 5.75 Å². The summed E-state index contributed by atoms with van der Waals surface area (Å²) in [6.07, 6.45) is 17.1. The third-order valence-corrected chi connectivity index (χ3v) is 8.22. The van der Waals surface area contributed by atoms with Crippen molar-refractivity contribution < 1.29 is 18.3 Å². The Morgan fingerprint density at radius 3 is 2.56 bits per heavy atom. The number of hydrogen-bond acceptors (Lipinski definition) is 2. The standard InChI is InChI=1S/C32H38F2O2/c1-3-5-7-9-23-11-17-31(30(34)19-23)36-32(35)28-16-15-27(21-29(28)33)26-14-13-24-18-22(8-6-4-2)10-12-25(24)20-26/h3-5,11,15-17,19,21-22,24-26H,2,6-10,12-14,18,20H2,1H3/b5-3+. The van der Waals surface area contributed by atoms with Crippen molar-refractivity contribution in [3.05, 3.63) is 89.5 Å². The van der Waals surface area contributed by atoms with E-state index in [-0.39, 0.29) is 11.3 Å². The van der Waals surface area contributed by atoms with Crippen LogP contribution in [-0.4, -0.2) is 5.97 Å². The molecule has 192 valence electrons. The molecule has 4 atom stereocenters. The highest BCUT2D eigenvalue weighted by molar-refractivity contribution is 5.91. The van der Waals surface area contributed by atoms with Gasteiger partial charge in [-0.2, -0.15) is 0 Å². The van der Waals surface area contributed by atoms with Gasteiger partial charge in [0, 0.05) is 0 Å². The van der Waals surface area contributed by atoms with E-state index in [2.05, 4.69) is 6.58 Å². The van der Waals surface area contributed by atoms with Crippen LogP contribution in [0.2, 0.25) is 0 Å². The van der Waals surface area contributed by atoms with Crippen LogP contribution >= 0.6 is 0 Å². The van der Waals surface area contributed by atoms with Crippen LogP contribution in [0.25, 0.3) is 0 Å². The fraction of sp³-hybridized carbons (Fsp3) is 0.469. The highest BCUT2D eigenvalue weighted by Gasteiger charge is 2.36. The van der Waals surface area contributed by atoms with E-state index < -0.39 is 17.6 Å². The van der Waals surface area contributed by atoms with Gasteiger partial charge in [-0.05, 0) is 124 Å². The third kappa shape index (κ3) is 6.52. The van der Waals surface area contributed by atoms with Gasteiger partial charge in [0.05, 0.1) is 5.56 Å². The van der Waals surface area contributed by atoms with Gasteiger partial charge in [0.25, 0.3) is 0 Å². The third-order valence-electron chi connectivity index (χ3n) is 8.22. The number of allylic oxidation sites excluding steroid dienone is 3. The number of halogens is 2. The van der Waals surface area contributed by atoms with Gasteiger partial charge in [-0.3, -0.25) is 0 Å². The number of aryl methyl sites for hydroxylation is 1. The van der Waals surface area contributed by atoms with Crippen molar-refractivity contribution in [1.82, 2.24) is 0 Å². The normalized spacial score (nSPS) is 23.9. The molecule has 0 saturated heterocycles. The van der Waals surface area contributed by atoms with Crippen LogP contribution in [0.15, 0.2) is 61.2 Å². The first-order chi connectivity index (χ1) is 17.5. The molecule has 2 aromatic carbocycles. The summed E-state index contributed by atoms with van der Waals surface area (Å²) in [4.78, 5) is 12.6. The number of hydrogen-bond donors (Lipinski definition) is 0. The molecular formula is C32H38F2O2. The molecule has 0 N–H and O–H groups in total. The molecular weight excluding hydrogens is 454 g/mol. The van der Waals surface area contributed by atoms with E-state index in [1.807, 2.05) is 31.2 Å². The molecule has 0 amide bonds. The Morgan fingerprint density at radius 2 is 1.81 bits per heavy atom. The summed E-state index contributed by atoms with van der Waals surface area (Å²) in [5, 5.41) is 0. The minimum atomic E-state index is -0.874.